The molecule has 0 saturated heterocycles. The third kappa shape index (κ3) is 5.45. The van der Waals surface area contributed by atoms with Crippen LogP contribution in [0.15, 0.2) is 132 Å². The molecule has 1 atom stereocenters. The lowest BCUT2D eigenvalue weighted by molar-refractivity contribution is -0.143. The maximum atomic E-state index is 14.9. The fraction of sp³-hybridized carbons (Fsp3) is 0.135. The standard InChI is InChI=1S/C37H31F2N3O3/c1-41-33-24-29(38)23-31(39)34(33)42(36(41)44)30-20-18-25(19-21-30)22-32(35(43)45-2)40-37(26-12-6-3-7-13-26,27-14-8-4-9-15-27)28-16-10-5-11-17-28/h3-21,23-24,32,40H,22H2,1-2H3/t32-/m0/s1. The van der Waals surface area contributed by atoms with Crippen molar-refractivity contribution in [1.29, 1.82) is 0 Å². The molecule has 6 nitrogen and oxygen atoms in total. The minimum Gasteiger partial charge on any atom is -0.468 e. The van der Waals surface area contributed by atoms with Gasteiger partial charge in [-0.25, -0.2) is 13.6 Å². The van der Waals surface area contributed by atoms with Gasteiger partial charge in [0.1, 0.15) is 17.4 Å². The van der Waals surface area contributed by atoms with Crippen molar-refractivity contribution < 1.29 is 18.3 Å². The predicted octanol–water partition coefficient (Wildman–Crippen LogP) is 6.27. The second-order valence-electron chi connectivity index (χ2n) is 10.9. The molecule has 1 aromatic heterocycles. The Morgan fingerprint density at radius 3 is 1.80 bits per heavy atom. The summed E-state index contributed by atoms with van der Waals surface area (Å²) in [4.78, 5) is 26.5. The van der Waals surface area contributed by atoms with Crippen molar-refractivity contribution in [1.82, 2.24) is 14.5 Å². The van der Waals surface area contributed by atoms with Crippen molar-refractivity contribution in [2.45, 2.75) is 18.0 Å². The van der Waals surface area contributed by atoms with Gasteiger partial charge in [-0.05, 0) is 40.8 Å². The van der Waals surface area contributed by atoms with Gasteiger partial charge in [-0.1, -0.05) is 103 Å². The highest BCUT2D eigenvalue weighted by Crippen LogP contribution is 2.37. The second kappa shape index (κ2) is 12.3. The zero-order valence-corrected chi connectivity index (χ0v) is 24.8. The molecule has 1 heterocycles. The summed E-state index contributed by atoms with van der Waals surface area (Å²) in [7, 11) is 2.83. The highest BCUT2D eigenvalue weighted by Gasteiger charge is 2.40. The molecule has 226 valence electrons. The second-order valence-corrected chi connectivity index (χ2v) is 10.9. The first-order valence-electron chi connectivity index (χ1n) is 14.5. The average Bonchev–Trinajstić information content (AvgIpc) is 3.33. The van der Waals surface area contributed by atoms with E-state index in [2.05, 4.69) is 5.32 Å². The highest BCUT2D eigenvalue weighted by molar-refractivity contribution is 5.79. The van der Waals surface area contributed by atoms with Gasteiger partial charge in [0.05, 0.1) is 23.9 Å². The van der Waals surface area contributed by atoms with Crippen LogP contribution >= 0.6 is 0 Å². The number of ether oxygens (including phenoxy) is 1. The van der Waals surface area contributed by atoms with E-state index in [4.69, 9.17) is 4.74 Å². The number of rotatable bonds is 9. The first-order chi connectivity index (χ1) is 21.8. The van der Waals surface area contributed by atoms with Crippen LogP contribution in [-0.4, -0.2) is 28.3 Å². The van der Waals surface area contributed by atoms with Crippen molar-refractivity contribution in [2.75, 3.05) is 7.11 Å². The third-order valence-corrected chi connectivity index (χ3v) is 8.20. The minimum atomic E-state index is -0.911. The van der Waals surface area contributed by atoms with Crippen LogP contribution in [0.25, 0.3) is 16.7 Å². The van der Waals surface area contributed by atoms with Gasteiger partial charge in [-0.2, -0.15) is 0 Å². The van der Waals surface area contributed by atoms with E-state index in [1.54, 1.807) is 24.3 Å². The number of carbonyl (C=O) groups excluding carboxylic acids is 1. The summed E-state index contributed by atoms with van der Waals surface area (Å²) in [5.74, 6) is -2.04. The topological polar surface area (TPSA) is 65.3 Å². The van der Waals surface area contributed by atoms with Crippen molar-refractivity contribution in [2.24, 2.45) is 7.05 Å². The number of halogens is 2. The van der Waals surface area contributed by atoms with Crippen LogP contribution in [0, 0.1) is 11.6 Å². The van der Waals surface area contributed by atoms with Crippen LogP contribution in [0.2, 0.25) is 0 Å². The van der Waals surface area contributed by atoms with Crippen molar-refractivity contribution in [3.05, 3.63) is 172 Å². The van der Waals surface area contributed by atoms with Crippen LogP contribution < -0.4 is 11.0 Å². The molecular weight excluding hydrogens is 572 g/mol. The van der Waals surface area contributed by atoms with Crippen molar-refractivity contribution in [3.63, 3.8) is 0 Å². The quantitative estimate of drug-likeness (QED) is 0.156. The number of benzene rings is 5. The van der Waals surface area contributed by atoms with Gasteiger partial charge in [0.2, 0.25) is 0 Å². The smallest absolute Gasteiger partial charge is 0.333 e. The molecular formula is C37H31F2N3O3. The summed E-state index contributed by atoms with van der Waals surface area (Å²) in [6, 6.07) is 37.9. The van der Waals surface area contributed by atoms with Crippen LogP contribution in [-0.2, 0) is 28.5 Å². The summed E-state index contributed by atoms with van der Waals surface area (Å²) < 4.78 is 36.5. The zero-order chi connectivity index (χ0) is 31.6. The largest absolute Gasteiger partial charge is 0.468 e. The van der Waals surface area contributed by atoms with E-state index in [0.717, 1.165) is 34.4 Å². The SMILES string of the molecule is COC(=O)[C@H](Cc1ccc(-n2c(=O)n(C)c3cc(F)cc(F)c32)cc1)NC(c1ccccc1)(c1ccccc1)c1ccccc1. The average molecular weight is 604 g/mol. The Balaban J connectivity index is 1.42. The Morgan fingerprint density at radius 1 is 0.800 bits per heavy atom. The maximum Gasteiger partial charge on any atom is 0.333 e. The lowest BCUT2D eigenvalue weighted by atomic mass is 9.76. The van der Waals surface area contributed by atoms with E-state index in [1.807, 2.05) is 91.0 Å². The number of fused-ring (bicyclic) bond motifs is 1. The van der Waals surface area contributed by atoms with Gasteiger partial charge in [-0.3, -0.25) is 19.2 Å². The molecule has 0 aliphatic heterocycles. The molecule has 6 aromatic rings. The number of hydrogen-bond acceptors (Lipinski definition) is 4. The lowest BCUT2D eigenvalue weighted by Crippen LogP contribution is -2.53. The van der Waals surface area contributed by atoms with E-state index >= 15 is 0 Å². The number of carbonyl (C=O) groups is 1. The summed E-state index contributed by atoms with van der Waals surface area (Å²) in [6.45, 7) is 0. The van der Waals surface area contributed by atoms with E-state index in [9.17, 15) is 18.4 Å². The van der Waals surface area contributed by atoms with Gasteiger partial charge in [0.15, 0.2) is 5.82 Å². The number of aryl methyl sites for hydroxylation is 1. The Kier molecular flexibility index (Phi) is 8.15. The molecule has 1 N–H and O–H groups in total. The van der Waals surface area contributed by atoms with E-state index < -0.39 is 34.9 Å². The molecule has 0 unspecified atom stereocenters. The van der Waals surface area contributed by atoms with Crippen LogP contribution in [0.3, 0.4) is 0 Å². The van der Waals surface area contributed by atoms with Crippen molar-refractivity contribution in [3.8, 4) is 5.69 Å². The Morgan fingerprint density at radius 2 is 1.31 bits per heavy atom. The third-order valence-electron chi connectivity index (χ3n) is 8.20. The number of nitrogens with zero attached hydrogens (tertiary/aromatic N) is 2. The van der Waals surface area contributed by atoms with Crippen LogP contribution in [0.1, 0.15) is 22.3 Å². The summed E-state index contributed by atoms with van der Waals surface area (Å²) in [5, 5.41) is 3.69. The molecule has 45 heavy (non-hydrogen) atoms. The molecule has 0 saturated carbocycles. The van der Waals surface area contributed by atoms with Gasteiger partial charge in [0.25, 0.3) is 0 Å². The maximum absolute atomic E-state index is 14.9. The van der Waals surface area contributed by atoms with Gasteiger partial charge in [0, 0.05) is 19.2 Å². The lowest BCUT2D eigenvalue weighted by Gasteiger charge is -2.39. The Hall–Kier alpha value is -5.34. The molecule has 0 radical (unpaired) electrons. The minimum absolute atomic E-state index is 0.0101. The monoisotopic (exact) mass is 603 g/mol. The van der Waals surface area contributed by atoms with Crippen molar-refractivity contribution >= 4 is 17.0 Å². The van der Waals surface area contributed by atoms with Gasteiger partial charge < -0.3 is 4.74 Å². The Labute approximate surface area is 259 Å². The van der Waals surface area contributed by atoms with Crippen LogP contribution in [0.5, 0.6) is 0 Å². The van der Waals surface area contributed by atoms with E-state index in [-0.39, 0.29) is 17.5 Å². The number of hydrogen-bond donors (Lipinski definition) is 1. The molecule has 5 aromatic carbocycles. The number of esters is 1. The number of methoxy groups -OCH3 is 1. The predicted molar refractivity (Wildman–Crippen MR) is 170 cm³/mol. The summed E-state index contributed by atoms with van der Waals surface area (Å²) in [6.07, 6.45) is 0.255. The molecule has 0 amide bonds. The first-order valence-corrected chi connectivity index (χ1v) is 14.5. The first kappa shape index (κ1) is 29.7. The normalized spacial score (nSPS) is 12.3. The highest BCUT2D eigenvalue weighted by atomic mass is 19.1. The molecule has 0 aliphatic carbocycles. The van der Waals surface area contributed by atoms with Gasteiger partial charge in [-0.15, -0.1) is 0 Å². The van der Waals surface area contributed by atoms with Crippen LogP contribution in [0.4, 0.5) is 8.78 Å². The van der Waals surface area contributed by atoms with E-state index in [0.29, 0.717) is 5.69 Å². The molecule has 0 aliphatic rings. The number of imidazole rings is 1. The number of nitrogens with one attached hydrogen (secondary N) is 1. The summed E-state index contributed by atoms with van der Waals surface area (Å²) in [5.41, 5.74) is 2.75. The molecule has 8 heteroatoms. The fourth-order valence-electron chi connectivity index (χ4n) is 6.05. The molecule has 6 rings (SSSR count). The Bertz CT molecular complexity index is 1910. The summed E-state index contributed by atoms with van der Waals surface area (Å²) >= 11 is 0. The molecule has 0 bridgehead atoms. The van der Waals surface area contributed by atoms with E-state index in [1.165, 1.54) is 23.3 Å². The molecule has 0 fully saturated rings. The fourth-order valence-corrected chi connectivity index (χ4v) is 6.05. The van der Waals surface area contributed by atoms with Gasteiger partial charge >= 0.3 is 11.7 Å². The number of aromatic nitrogens is 2. The molecule has 0 spiro atoms. The zero-order valence-electron chi connectivity index (χ0n) is 24.8.